The monoisotopic (exact) mass is 324 g/mol. The Balaban J connectivity index is 1.98. The maximum absolute atomic E-state index is 13.9. The Labute approximate surface area is 131 Å². The largest absolute Gasteiger partial charge is 0.386 e. The fourth-order valence-corrected chi connectivity index (χ4v) is 3.00. The van der Waals surface area contributed by atoms with E-state index in [2.05, 4.69) is 5.32 Å². The highest BCUT2D eigenvalue weighted by atomic mass is 35.5. The predicted octanol–water partition coefficient (Wildman–Crippen LogP) is 3.80. The van der Waals surface area contributed by atoms with E-state index in [1.165, 1.54) is 17.4 Å². The number of nitriles is 1. The Morgan fingerprint density at radius 1 is 1.43 bits per heavy atom. The van der Waals surface area contributed by atoms with Gasteiger partial charge in [0.25, 0.3) is 0 Å². The smallest absolute Gasteiger partial charge is 0.129 e. The van der Waals surface area contributed by atoms with Gasteiger partial charge in [-0.2, -0.15) is 5.26 Å². The van der Waals surface area contributed by atoms with Gasteiger partial charge in [-0.1, -0.05) is 17.7 Å². The van der Waals surface area contributed by atoms with Gasteiger partial charge in [0.1, 0.15) is 11.9 Å². The summed E-state index contributed by atoms with van der Waals surface area (Å²) in [4.78, 5) is 0.764. The van der Waals surface area contributed by atoms with Crippen molar-refractivity contribution in [2.45, 2.75) is 19.1 Å². The van der Waals surface area contributed by atoms with Crippen molar-refractivity contribution in [3.63, 3.8) is 0 Å². The number of nitrogens with one attached hydrogen (secondary N) is 1. The molecule has 0 fully saturated rings. The molecular weight excluding hydrogens is 311 g/mol. The van der Waals surface area contributed by atoms with Crippen molar-refractivity contribution < 1.29 is 9.50 Å². The van der Waals surface area contributed by atoms with Crippen molar-refractivity contribution >= 4 is 22.9 Å². The highest BCUT2D eigenvalue weighted by Crippen LogP contribution is 2.27. The topological polar surface area (TPSA) is 56.0 Å². The van der Waals surface area contributed by atoms with Gasteiger partial charge in [-0.05, 0) is 31.2 Å². The molecule has 2 rings (SSSR count). The first-order valence-corrected chi connectivity index (χ1v) is 7.57. The van der Waals surface area contributed by atoms with E-state index < -0.39 is 11.9 Å². The SMILES string of the molecule is CC(NCC(O)c1ccc(Cl)s1)c1ccc(C#N)cc1F. The second kappa shape index (κ2) is 7.01. The molecule has 0 radical (unpaired) electrons. The lowest BCUT2D eigenvalue weighted by atomic mass is 10.1. The van der Waals surface area contributed by atoms with Gasteiger partial charge in [-0.3, -0.25) is 0 Å². The molecule has 2 aromatic rings. The van der Waals surface area contributed by atoms with Crippen molar-refractivity contribution in [3.05, 3.63) is 56.5 Å². The third kappa shape index (κ3) is 4.02. The number of hydrogen-bond acceptors (Lipinski definition) is 4. The number of aliphatic hydroxyl groups excluding tert-OH is 1. The van der Waals surface area contributed by atoms with Crippen LogP contribution < -0.4 is 5.32 Å². The predicted molar refractivity (Wildman–Crippen MR) is 81.8 cm³/mol. The summed E-state index contributed by atoms with van der Waals surface area (Å²) in [6.45, 7) is 2.09. The summed E-state index contributed by atoms with van der Waals surface area (Å²) in [6, 6.07) is 9.49. The molecule has 1 aromatic carbocycles. The van der Waals surface area contributed by atoms with Crippen molar-refractivity contribution in [1.29, 1.82) is 5.26 Å². The summed E-state index contributed by atoms with van der Waals surface area (Å²) in [6.07, 6.45) is -0.689. The molecule has 0 aliphatic heterocycles. The fourth-order valence-electron chi connectivity index (χ4n) is 1.95. The molecule has 1 aromatic heterocycles. The van der Waals surface area contributed by atoms with Crippen LogP contribution in [0.2, 0.25) is 4.34 Å². The van der Waals surface area contributed by atoms with Crippen LogP contribution in [0.1, 0.15) is 35.1 Å². The number of hydrogen-bond donors (Lipinski definition) is 2. The van der Waals surface area contributed by atoms with Crippen LogP contribution in [0.3, 0.4) is 0 Å². The van der Waals surface area contributed by atoms with Gasteiger partial charge in [-0.25, -0.2) is 4.39 Å². The van der Waals surface area contributed by atoms with Gasteiger partial charge < -0.3 is 10.4 Å². The Morgan fingerprint density at radius 2 is 2.19 bits per heavy atom. The molecule has 3 nitrogen and oxygen atoms in total. The number of halogens is 2. The van der Waals surface area contributed by atoms with Crippen molar-refractivity contribution in [1.82, 2.24) is 5.32 Å². The Morgan fingerprint density at radius 3 is 2.76 bits per heavy atom. The van der Waals surface area contributed by atoms with Crippen LogP contribution in [0.15, 0.2) is 30.3 Å². The van der Waals surface area contributed by atoms with Crippen LogP contribution >= 0.6 is 22.9 Å². The number of benzene rings is 1. The molecule has 0 saturated heterocycles. The third-order valence-corrected chi connectivity index (χ3v) is 4.47. The normalized spacial score (nSPS) is 13.7. The number of thiophene rings is 1. The molecule has 0 saturated carbocycles. The first kappa shape index (κ1) is 15.9. The van der Waals surface area contributed by atoms with Gasteiger partial charge >= 0.3 is 0 Å². The molecular formula is C15H14ClFN2OS. The quantitative estimate of drug-likeness (QED) is 0.879. The van der Waals surface area contributed by atoms with Crippen LogP contribution in [0.25, 0.3) is 0 Å². The first-order valence-electron chi connectivity index (χ1n) is 6.37. The van der Waals surface area contributed by atoms with Gasteiger partial charge in [0.15, 0.2) is 0 Å². The Hall–Kier alpha value is -1.45. The molecule has 6 heteroatoms. The summed E-state index contributed by atoms with van der Waals surface area (Å²) in [5, 5.41) is 21.8. The lowest BCUT2D eigenvalue weighted by Crippen LogP contribution is -2.25. The molecule has 110 valence electrons. The summed E-state index contributed by atoms with van der Waals surface area (Å²) in [5.74, 6) is -0.428. The first-order chi connectivity index (χ1) is 10.0. The zero-order valence-electron chi connectivity index (χ0n) is 11.3. The summed E-state index contributed by atoms with van der Waals surface area (Å²) >= 11 is 7.14. The van der Waals surface area contributed by atoms with E-state index in [0.717, 1.165) is 4.88 Å². The molecule has 0 spiro atoms. The summed E-state index contributed by atoms with van der Waals surface area (Å²) in [5.41, 5.74) is 0.752. The van der Waals surface area contributed by atoms with Crippen molar-refractivity contribution in [3.8, 4) is 6.07 Å². The number of aliphatic hydroxyl groups is 1. The second-order valence-corrected chi connectivity index (χ2v) is 6.38. The van der Waals surface area contributed by atoms with E-state index in [4.69, 9.17) is 16.9 Å². The van der Waals surface area contributed by atoms with E-state index in [-0.39, 0.29) is 18.2 Å². The van der Waals surface area contributed by atoms with E-state index in [1.807, 2.05) is 6.07 Å². The molecule has 1 heterocycles. The molecule has 2 atom stereocenters. The molecule has 2 unspecified atom stereocenters. The van der Waals surface area contributed by atoms with E-state index in [0.29, 0.717) is 9.90 Å². The highest BCUT2D eigenvalue weighted by Gasteiger charge is 2.15. The Kier molecular flexibility index (Phi) is 5.32. The standard InChI is InChI=1S/C15H14ClFN2OS/c1-9(11-3-2-10(7-18)6-12(11)17)19-8-13(20)14-4-5-15(16)21-14/h2-6,9,13,19-20H,8H2,1H3. The van der Waals surface area contributed by atoms with Crippen LogP contribution in [-0.2, 0) is 0 Å². The van der Waals surface area contributed by atoms with Crippen LogP contribution in [-0.4, -0.2) is 11.7 Å². The van der Waals surface area contributed by atoms with Gasteiger partial charge in [0, 0.05) is 23.0 Å². The van der Waals surface area contributed by atoms with Crippen molar-refractivity contribution in [2.75, 3.05) is 6.54 Å². The molecule has 0 aliphatic rings. The van der Waals surface area contributed by atoms with E-state index >= 15 is 0 Å². The number of nitrogens with zero attached hydrogens (tertiary/aromatic N) is 1. The van der Waals surface area contributed by atoms with Crippen molar-refractivity contribution in [2.24, 2.45) is 0 Å². The third-order valence-electron chi connectivity index (χ3n) is 3.14. The Bertz CT molecular complexity index is 668. The molecule has 21 heavy (non-hydrogen) atoms. The van der Waals surface area contributed by atoms with Crippen LogP contribution in [0, 0.1) is 17.1 Å². The van der Waals surface area contributed by atoms with Crippen LogP contribution in [0.4, 0.5) is 4.39 Å². The highest BCUT2D eigenvalue weighted by molar-refractivity contribution is 7.16. The van der Waals surface area contributed by atoms with E-state index in [9.17, 15) is 9.50 Å². The van der Waals surface area contributed by atoms with Gasteiger partial charge in [0.05, 0.1) is 16.0 Å². The average molecular weight is 325 g/mol. The zero-order chi connectivity index (χ0) is 15.4. The van der Waals surface area contributed by atoms with Crippen LogP contribution in [0.5, 0.6) is 0 Å². The second-order valence-electron chi connectivity index (χ2n) is 4.64. The average Bonchev–Trinajstić information content (AvgIpc) is 2.90. The molecule has 2 N–H and O–H groups in total. The lowest BCUT2D eigenvalue weighted by molar-refractivity contribution is 0.174. The summed E-state index contributed by atoms with van der Waals surface area (Å²) < 4.78 is 14.5. The fraction of sp³-hybridized carbons (Fsp3) is 0.267. The van der Waals surface area contributed by atoms with Gasteiger partial charge in [0.2, 0.25) is 0 Å². The maximum atomic E-state index is 13.9. The minimum Gasteiger partial charge on any atom is -0.386 e. The minimum atomic E-state index is -0.689. The summed E-state index contributed by atoms with van der Waals surface area (Å²) in [7, 11) is 0. The molecule has 0 aliphatic carbocycles. The molecule has 0 bridgehead atoms. The maximum Gasteiger partial charge on any atom is 0.129 e. The lowest BCUT2D eigenvalue weighted by Gasteiger charge is -2.17. The molecule has 0 amide bonds. The van der Waals surface area contributed by atoms with E-state index in [1.54, 1.807) is 31.2 Å². The minimum absolute atomic E-state index is 0.275. The van der Waals surface area contributed by atoms with Gasteiger partial charge in [-0.15, -0.1) is 11.3 Å². The zero-order valence-corrected chi connectivity index (χ0v) is 12.9. The number of rotatable bonds is 5.